The average Bonchev–Trinajstić information content (AvgIpc) is 3.27. The fourth-order valence-corrected chi connectivity index (χ4v) is 8.33. The van der Waals surface area contributed by atoms with Gasteiger partial charge in [-0.3, -0.25) is 9.59 Å². The number of ether oxygens (including phenoxy) is 4. The summed E-state index contributed by atoms with van der Waals surface area (Å²) in [5.74, 6) is -3.41. The van der Waals surface area contributed by atoms with Crippen molar-refractivity contribution in [1.29, 1.82) is 0 Å². The third-order valence-corrected chi connectivity index (χ3v) is 10.9. The van der Waals surface area contributed by atoms with E-state index >= 15 is 0 Å². The third-order valence-electron chi connectivity index (χ3n) is 10.9. The summed E-state index contributed by atoms with van der Waals surface area (Å²) in [5, 5.41) is 23.5. The van der Waals surface area contributed by atoms with E-state index in [9.17, 15) is 29.4 Å². The lowest BCUT2D eigenvalue weighted by molar-refractivity contribution is -0.197. The summed E-state index contributed by atoms with van der Waals surface area (Å²) in [7, 11) is 0. The Bertz CT molecular complexity index is 1700. The molecule has 3 aliphatic carbocycles. The number of carbonyl (C=O) groups is 4. The molecule has 0 aliphatic heterocycles. The van der Waals surface area contributed by atoms with Crippen LogP contribution >= 0.6 is 0 Å². The Balaban J connectivity index is 1.68. The molecule has 2 aromatic carbocycles. The predicted molar refractivity (Wildman–Crippen MR) is 184 cm³/mol. The van der Waals surface area contributed by atoms with E-state index in [1.807, 2.05) is 30.3 Å². The van der Waals surface area contributed by atoms with Crippen molar-refractivity contribution in [2.24, 2.45) is 16.7 Å². The van der Waals surface area contributed by atoms with Gasteiger partial charge in [0.15, 0.2) is 12.2 Å². The van der Waals surface area contributed by atoms with Crippen LogP contribution in [0.1, 0.15) is 76.7 Å². The highest BCUT2D eigenvalue weighted by molar-refractivity contribution is 5.90. The van der Waals surface area contributed by atoms with Crippen molar-refractivity contribution in [3.05, 3.63) is 101 Å². The molecule has 8 unspecified atom stereocenters. The fraction of sp³-hybridized carbons (Fsp3) is 0.450. The van der Waals surface area contributed by atoms with Gasteiger partial charge in [0.1, 0.15) is 12.2 Å². The number of carbonyl (C=O) groups excluding carboxylic acids is 4. The second-order valence-corrected chi connectivity index (χ2v) is 14.4. The molecule has 2 saturated carbocycles. The first-order chi connectivity index (χ1) is 23.5. The van der Waals surface area contributed by atoms with E-state index in [1.165, 1.54) is 19.9 Å². The van der Waals surface area contributed by atoms with Gasteiger partial charge in [0.25, 0.3) is 0 Å². The Labute approximate surface area is 292 Å². The van der Waals surface area contributed by atoms with Crippen LogP contribution in [0.5, 0.6) is 0 Å². The summed E-state index contributed by atoms with van der Waals surface area (Å²) < 4.78 is 24.4. The van der Waals surface area contributed by atoms with E-state index in [1.54, 1.807) is 64.1 Å². The van der Waals surface area contributed by atoms with Crippen LogP contribution in [0, 0.1) is 16.7 Å². The van der Waals surface area contributed by atoms with Crippen molar-refractivity contribution in [1.82, 2.24) is 0 Å². The number of benzene rings is 2. The van der Waals surface area contributed by atoms with E-state index in [0.29, 0.717) is 16.7 Å². The van der Waals surface area contributed by atoms with Crippen LogP contribution in [0.25, 0.3) is 6.08 Å². The minimum absolute atomic E-state index is 0.0242. The summed E-state index contributed by atoms with van der Waals surface area (Å²) in [6.07, 6.45) is -2.51. The molecule has 0 heterocycles. The van der Waals surface area contributed by atoms with E-state index < -0.39 is 76.7 Å². The molecule has 0 radical (unpaired) electrons. The first kappa shape index (κ1) is 36.7. The average molecular weight is 687 g/mol. The molecule has 5 rings (SSSR count). The topological polar surface area (TPSA) is 146 Å². The van der Waals surface area contributed by atoms with Gasteiger partial charge in [-0.25, -0.2) is 9.59 Å². The SMILES string of the molecule is C=C1C(OC(=O)C=Cc2ccccc2)CC(OC(C)=O)C2(C)C1CC1(C(C)(C)O)CC(O)C(C)=C1C(OC(=O)c1ccccc1)C2OC(C)=O. The lowest BCUT2D eigenvalue weighted by Crippen LogP contribution is -2.60. The maximum Gasteiger partial charge on any atom is 0.338 e. The molecule has 50 heavy (non-hydrogen) atoms. The fourth-order valence-electron chi connectivity index (χ4n) is 8.33. The van der Waals surface area contributed by atoms with Crippen LogP contribution in [0.15, 0.2) is 90.0 Å². The minimum Gasteiger partial charge on any atom is -0.462 e. The Morgan fingerprint density at radius 2 is 1.50 bits per heavy atom. The highest BCUT2D eigenvalue weighted by Gasteiger charge is 2.69. The number of aliphatic hydroxyl groups excluding tert-OH is 1. The summed E-state index contributed by atoms with van der Waals surface area (Å²) in [6, 6.07) is 17.5. The van der Waals surface area contributed by atoms with Gasteiger partial charge < -0.3 is 29.2 Å². The maximum atomic E-state index is 13.8. The van der Waals surface area contributed by atoms with Gasteiger partial charge in [-0.2, -0.15) is 0 Å². The highest BCUT2D eigenvalue weighted by Crippen LogP contribution is 2.65. The van der Waals surface area contributed by atoms with Gasteiger partial charge in [-0.05, 0) is 80.0 Å². The minimum atomic E-state index is -1.52. The zero-order chi connectivity index (χ0) is 36.6. The number of hydrogen-bond acceptors (Lipinski definition) is 10. The van der Waals surface area contributed by atoms with Gasteiger partial charge in [-0.15, -0.1) is 0 Å². The van der Waals surface area contributed by atoms with Crippen molar-refractivity contribution >= 4 is 30.0 Å². The van der Waals surface area contributed by atoms with Crippen molar-refractivity contribution in [2.45, 2.75) is 96.9 Å². The Morgan fingerprint density at radius 3 is 2.08 bits per heavy atom. The van der Waals surface area contributed by atoms with E-state index in [-0.39, 0.29) is 24.8 Å². The maximum absolute atomic E-state index is 13.8. The van der Waals surface area contributed by atoms with Crippen LogP contribution in [-0.4, -0.2) is 70.2 Å². The van der Waals surface area contributed by atoms with Crippen LogP contribution in [0.4, 0.5) is 0 Å². The van der Waals surface area contributed by atoms with Crippen molar-refractivity contribution in [3.63, 3.8) is 0 Å². The van der Waals surface area contributed by atoms with Gasteiger partial charge in [0.2, 0.25) is 0 Å². The van der Waals surface area contributed by atoms with E-state index in [4.69, 9.17) is 18.9 Å². The highest BCUT2D eigenvalue weighted by atomic mass is 16.6. The molecule has 0 saturated heterocycles. The van der Waals surface area contributed by atoms with Crippen LogP contribution < -0.4 is 0 Å². The second kappa shape index (κ2) is 14.0. The molecule has 2 fully saturated rings. The van der Waals surface area contributed by atoms with Crippen LogP contribution in [0.3, 0.4) is 0 Å². The standard InChI is InChI=1S/C40H46O10/c1-23-29-21-40(38(5,6)46)22-30(43)24(2)34(40)35(50-37(45)28-16-12-9-13-17-28)36(48-26(4)42)39(29,7)32(47-25(3)41)20-31(23)49-33(44)19-18-27-14-10-8-11-15-27/h8-19,29-32,35-36,43,46H,1,20-22H2,2-7H3. The normalized spacial score (nSPS) is 30.9. The largest absolute Gasteiger partial charge is 0.462 e. The molecule has 3 aliphatic rings. The molecule has 0 bridgehead atoms. The summed E-state index contributed by atoms with van der Waals surface area (Å²) in [6.45, 7) is 13.6. The zero-order valence-corrected chi connectivity index (χ0v) is 29.4. The number of fused-ring (bicyclic) bond motifs is 2. The molecule has 2 N–H and O–H groups in total. The summed E-state index contributed by atoms with van der Waals surface area (Å²) >= 11 is 0. The number of rotatable bonds is 8. The molecule has 10 nitrogen and oxygen atoms in total. The summed E-state index contributed by atoms with van der Waals surface area (Å²) in [4.78, 5) is 52.8. The molecule has 8 atom stereocenters. The first-order valence-corrected chi connectivity index (χ1v) is 16.8. The van der Waals surface area contributed by atoms with E-state index in [2.05, 4.69) is 6.58 Å². The van der Waals surface area contributed by atoms with Crippen molar-refractivity contribution in [3.8, 4) is 0 Å². The molecule has 0 amide bonds. The van der Waals surface area contributed by atoms with Gasteiger partial charge in [-0.1, -0.05) is 62.0 Å². The second-order valence-electron chi connectivity index (χ2n) is 14.4. The van der Waals surface area contributed by atoms with Gasteiger partial charge in [0.05, 0.1) is 22.7 Å². The first-order valence-electron chi connectivity index (χ1n) is 16.8. The molecule has 2 aromatic rings. The zero-order valence-electron chi connectivity index (χ0n) is 29.4. The molecular formula is C40H46O10. The smallest absolute Gasteiger partial charge is 0.338 e. The molecule has 0 aromatic heterocycles. The quantitative estimate of drug-likeness (QED) is 0.157. The molecule has 0 spiro atoms. The number of hydrogen-bond donors (Lipinski definition) is 2. The molecule has 10 heteroatoms. The Hall–Kier alpha value is -4.54. The third kappa shape index (κ3) is 6.79. The number of esters is 4. The van der Waals surface area contributed by atoms with Crippen molar-refractivity contribution in [2.75, 3.05) is 0 Å². The van der Waals surface area contributed by atoms with Gasteiger partial charge >= 0.3 is 23.9 Å². The Kier molecular flexibility index (Phi) is 10.3. The molecular weight excluding hydrogens is 640 g/mol. The lowest BCUT2D eigenvalue weighted by Gasteiger charge is -2.53. The van der Waals surface area contributed by atoms with Crippen molar-refractivity contribution < 1.29 is 48.3 Å². The predicted octanol–water partition coefficient (Wildman–Crippen LogP) is 5.53. The Morgan fingerprint density at radius 1 is 0.900 bits per heavy atom. The summed E-state index contributed by atoms with van der Waals surface area (Å²) in [5.41, 5.74) is -1.70. The van der Waals surface area contributed by atoms with Crippen LogP contribution in [0.2, 0.25) is 0 Å². The lowest BCUT2D eigenvalue weighted by atomic mass is 9.56. The van der Waals surface area contributed by atoms with Crippen LogP contribution in [-0.2, 0) is 33.3 Å². The monoisotopic (exact) mass is 686 g/mol. The number of aliphatic hydroxyl groups is 2. The van der Waals surface area contributed by atoms with E-state index in [0.717, 1.165) is 5.56 Å². The van der Waals surface area contributed by atoms with Gasteiger partial charge in [0, 0.05) is 31.8 Å². The molecule has 266 valence electrons.